The van der Waals surface area contributed by atoms with Gasteiger partial charge in [-0.25, -0.2) is 8.42 Å². The van der Waals surface area contributed by atoms with Crippen molar-refractivity contribution in [3.63, 3.8) is 0 Å². The maximum Gasteiger partial charge on any atom is 0.241 e. The first kappa shape index (κ1) is 23.1. The van der Waals surface area contributed by atoms with Gasteiger partial charge in [-0.3, -0.25) is 9.10 Å². The van der Waals surface area contributed by atoms with E-state index in [1.165, 1.54) is 18.2 Å². The molecule has 3 aromatic rings. The molecule has 3 aromatic carbocycles. The van der Waals surface area contributed by atoms with Crippen LogP contribution in [0.2, 0.25) is 10.0 Å². The van der Waals surface area contributed by atoms with Crippen LogP contribution in [0.1, 0.15) is 22.7 Å². The Kier molecular flexibility index (Phi) is 7.26. The van der Waals surface area contributed by atoms with Gasteiger partial charge in [0, 0.05) is 10.0 Å². The van der Waals surface area contributed by atoms with Crippen molar-refractivity contribution >= 4 is 44.8 Å². The lowest BCUT2D eigenvalue weighted by atomic mass is 9.98. The number of amides is 1. The normalized spacial score (nSPS) is 12.3. The number of aryl methyl sites for hydroxylation is 1. The molecule has 0 aromatic heterocycles. The molecule has 1 N–H and O–H groups in total. The zero-order valence-electron chi connectivity index (χ0n) is 17.0. The van der Waals surface area contributed by atoms with Crippen molar-refractivity contribution in [2.24, 2.45) is 0 Å². The monoisotopic (exact) mass is 476 g/mol. The van der Waals surface area contributed by atoms with Crippen molar-refractivity contribution < 1.29 is 13.2 Å². The van der Waals surface area contributed by atoms with Gasteiger partial charge in [0.1, 0.15) is 6.54 Å². The van der Waals surface area contributed by atoms with E-state index in [9.17, 15) is 13.2 Å². The fourth-order valence-electron chi connectivity index (χ4n) is 3.18. The first-order valence-corrected chi connectivity index (χ1v) is 12.1. The molecular weight excluding hydrogens is 455 g/mol. The Morgan fingerprint density at radius 1 is 0.935 bits per heavy atom. The van der Waals surface area contributed by atoms with E-state index >= 15 is 0 Å². The topological polar surface area (TPSA) is 66.5 Å². The minimum atomic E-state index is -3.76. The van der Waals surface area contributed by atoms with Crippen LogP contribution in [0, 0.1) is 6.92 Å². The molecule has 1 amide bonds. The van der Waals surface area contributed by atoms with Crippen LogP contribution < -0.4 is 9.62 Å². The third-order valence-electron chi connectivity index (χ3n) is 4.67. The highest BCUT2D eigenvalue weighted by Crippen LogP contribution is 2.27. The molecule has 1 atom stereocenters. The number of hydrogen-bond donors (Lipinski definition) is 1. The highest BCUT2D eigenvalue weighted by Gasteiger charge is 2.24. The van der Waals surface area contributed by atoms with Crippen LogP contribution >= 0.6 is 23.2 Å². The number of carbonyl (C=O) groups is 1. The molecular formula is C23H22Cl2N2O3S. The second-order valence-electron chi connectivity index (χ2n) is 7.22. The number of nitrogens with zero attached hydrogens (tertiary/aromatic N) is 1. The fraction of sp³-hybridized carbons (Fsp3) is 0.174. The minimum Gasteiger partial charge on any atom is -0.344 e. The van der Waals surface area contributed by atoms with E-state index in [1.54, 1.807) is 0 Å². The van der Waals surface area contributed by atoms with Crippen LogP contribution in [0.3, 0.4) is 0 Å². The van der Waals surface area contributed by atoms with Crippen LogP contribution in [0.25, 0.3) is 0 Å². The summed E-state index contributed by atoms with van der Waals surface area (Å²) in [6.07, 6.45) is 1.03. The molecule has 0 unspecified atom stereocenters. The molecule has 0 radical (unpaired) electrons. The van der Waals surface area contributed by atoms with Gasteiger partial charge in [-0.2, -0.15) is 0 Å². The lowest BCUT2D eigenvalue weighted by Gasteiger charge is -2.25. The maximum absolute atomic E-state index is 13.0. The Morgan fingerprint density at radius 3 is 2.03 bits per heavy atom. The minimum absolute atomic E-state index is 0.224. The standard InChI is InChI=1S/C23H22Cl2N2O3S/c1-16-8-10-18(11-9-16)23(17-6-4-3-5-7-17)26-22(28)15-27(31(2,29)30)21-13-19(24)12-20(25)14-21/h3-14,23H,15H2,1-2H3,(H,26,28)/t23-/m1/s1. The van der Waals surface area contributed by atoms with Crippen molar-refractivity contribution in [3.8, 4) is 0 Å². The molecule has 31 heavy (non-hydrogen) atoms. The molecule has 162 valence electrons. The molecule has 0 bridgehead atoms. The Hall–Kier alpha value is -2.54. The Bertz CT molecular complexity index is 1150. The van der Waals surface area contributed by atoms with Gasteiger partial charge in [-0.1, -0.05) is 83.4 Å². The summed E-state index contributed by atoms with van der Waals surface area (Å²) < 4.78 is 25.8. The maximum atomic E-state index is 13.0. The van der Waals surface area contributed by atoms with Gasteiger partial charge < -0.3 is 5.32 Å². The predicted octanol–water partition coefficient (Wildman–Crippen LogP) is 4.97. The third-order valence-corrected chi connectivity index (χ3v) is 6.25. The van der Waals surface area contributed by atoms with E-state index in [-0.39, 0.29) is 15.7 Å². The number of anilines is 1. The summed E-state index contributed by atoms with van der Waals surface area (Å²) in [6, 6.07) is 21.3. The molecule has 5 nitrogen and oxygen atoms in total. The summed E-state index contributed by atoms with van der Waals surface area (Å²) in [5.74, 6) is -0.462. The second-order valence-corrected chi connectivity index (χ2v) is 10.00. The third kappa shape index (κ3) is 6.23. The largest absolute Gasteiger partial charge is 0.344 e. The van der Waals surface area contributed by atoms with Crippen LogP contribution in [-0.2, 0) is 14.8 Å². The van der Waals surface area contributed by atoms with Gasteiger partial charge in [-0.15, -0.1) is 0 Å². The number of nitrogens with one attached hydrogen (secondary N) is 1. The molecule has 0 heterocycles. The highest BCUT2D eigenvalue weighted by molar-refractivity contribution is 7.92. The first-order valence-electron chi connectivity index (χ1n) is 9.48. The number of hydrogen-bond acceptors (Lipinski definition) is 3. The van der Waals surface area contributed by atoms with Crippen LogP contribution in [0.4, 0.5) is 5.69 Å². The van der Waals surface area contributed by atoms with Crippen LogP contribution in [-0.4, -0.2) is 27.1 Å². The Balaban J connectivity index is 1.90. The zero-order valence-corrected chi connectivity index (χ0v) is 19.4. The van der Waals surface area contributed by atoms with Gasteiger partial charge in [0.25, 0.3) is 0 Å². The van der Waals surface area contributed by atoms with Gasteiger partial charge >= 0.3 is 0 Å². The summed E-state index contributed by atoms with van der Waals surface area (Å²) in [5.41, 5.74) is 3.10. The van der Waals surface area contributed by atoms with E-state index < -0.39 is 28.5 Å². The number of benzene rings is 3. The van der Waals surface area contributed by atoms with Crippen molar-refractivity contribution in [1.82, 2.24) is 5.32 Å². The Morgan fingerprint density at radius 2 is 1.48 bits per heavy atom. The summed E-state index contributed by atoms with van der Waals surface area (Å²) in [5, 5.41) is 3.51. The van der Waals surface area contributed by atoms with Crippen molar-refractivity contribution in [2.75, 3.05) is 17.1 Å². The fourth-order valence-corrected chi connectivity index (χ4v) is 4.54. The molecule has 0 saturated carbocycles. The number of rotatable bonds is 7. The molecule has 0 fully saturated rings. The molecule has 0 saturated heterocycles. The van der Waals surface area contributed by atoms with Crippen molar-refractivity contribution in [3.05, 3.63) is 99.5 Å². The highest BCUT2D eigenvalue weighted by atomic mass is 35.5. The SMILES string of the molecule is Cc1ccc([C@H](NC(=O)CN(c2cc(Cl)cc(Cl)c2)S(C)(=O)=O)c2ccccc2)cc1. The average Bonchev–Trinajstić information content (AvgIpc) is 2.70. The summed E-state index contributed by atoms with van der Waals surface area (Å²) in [4.78, 5) is 13.0. The summed E-state index contributed by atoms with van der Waals surface area (Å²) >= 11 is 12.1. The molecule has 3 rings (SSSR count). The predicted molar refractivity (Wildman–Crippen MR) is 126 cm³/mol. The molecule has 0 aliphatic rings. The quantitative estimate of drug-likeness (QED) is 0.523. The summed E-state index contributed by atoms with van der Waals surface area (Å²) in [6.45, 7) is 1.57. The van der Waals surface area contributed by atoms with E-state index in [2.05, 4.69) is 5.32 Å². The first-order chi connectivity index (χ1) is 14.6. The molecule has 0 aliphatic heterocycles. The number of halogens is 2. The van der Waals surface area contributed by atoms with E-state index in [0.717, 1.165) is 27.3 Å². The summed E-state index contributed by atoms with van der Waals surface area (Å²) in [7, 11) is -3.76. The van der Waals surface area contributed by atoms with Gasteiger partial charge in [-0.05, 0) is 36.2 Å². The van der Waals surface area contributed by atoms with Gasteiger partial charge in [0.15, 0.2) is 0 Å². The van der Waals surface area contributed by atoms with Gasteiger partial charge in [0.05, 0.1) is 18.0 Å². The zero-order chi connectivity index (χ0) is 22.6. The molecule has 0 spiro atoms. The van der Waals surface area contributed by atoms with Crippen molar-refractivity contribution in [2.45, 2.75) is 13.0 Å². The van der Waals surface area contributed by atoms with Crippen LogP contribution in [0.5, 0.6) is 0 Å². The van der Waals surface area contributed by atoms with E-state index in [0.29, 0.717) is 0 Å². The Labute approximate surface area is 192 Å². The molecule has 8 heteroatoms. The number of carbonyl (C=O) groups excluding carboxylic acids is 1. The van der Waals surface area contributed by atoms with E-state index in [1.807, 2.05) is 61.5 Å². The van der Waals surface area contributed by atoms with Gasteiger partial charge in [0.2, 0.25) is 15.9 Å². The smallest absolute Gasteiger partial charge is 0.241 e. The van der Waals surface area contributed by atoms with Crippen LogP contribution in [0.15, 0.2) is 72.8 Å². The lowest BCUT2D eigenvalue weighted by molar-refractivity contribution is -0.120. The van der Waals surface area contributed by atoms with Crippen molar-refractivity contribution in [1.29, 1.82) is 0 Å². The average molecular weight is 477 g/mol. The lowest BCUT2D eigenvalue weighted by Crippen LogP contribution is -2.41. The molecule has 0 aliphatic carbocycles. The number of sulfonamides is 1. The second kappa shape index (κ2) is 9.73. The van der Waals surface area contributed by atoms with E-state index in [4.69, 9.17) is 23.2 Å².